The molecule has 0 N–H and O–H groups in total. The highest BCUT2D eigenvalue weighted by molar-refractivity contribution is 5.97. The quantitative estimate of drug-likeness (QED) is 0.630. The Morgan fingerprint density at radius 2 is 1.90 bits per heavy atom. The van der Waals surface area contributed by atoms with Crippen LogP contribution in [0.5, 0.6) is 5.75 Å². The van der Waals surface area contributed by atoms with Crippen LogP contribution in [0.1, 0.15) is 34.8 Å². The fraction of sp³-hybridized carbons (Fsp3) is 0.348. The molecule has 1 amide bonds. The van der Waals surface area contributed by atoms with Gasteiger partial charge in [-0.15, -0.1) is 0 Å². The van der Waals surface area contributed by atoms with Crippen LogP contribution in [-0.4, -0.2) is 65.0 Å². The van der Waals surface area contributed by atoms with Crippen molar-refractivity contribution in [2.45, 2.75) is 18.8 Å². The standard InChI is InChI=1S/C23H26N6O2/c1-28(2)21-14-18(26-22(27-21)19-15-24-10-11-25-19)16-8-12-29(13-9-16)23(30)17-6-4-5-7-20(17)31-3/h4-7,10-11,14-16H,8-9,12-13H2,1-3H3. The Hall–Kier alpha value is -3.55. The number of anilines is 1. The first kappa shape index (κ1) is 20.7. The average Bonchev–Trinajstić information content (AvgIpc) is 2.84. The molecule has 1 aromatic carbocycles. The third kappa shape index (κ3) is 4.47. The van der Waals surface area contributed by atoms with E-state index in [1.54, 1.807) is 25.7 Å². The van der Waals surface area contributed by atoms with E-state index in [1.165, 1.54) is 0 Å². The number of hydrogen-bond donors (Lipinski definition) is 0. The van der Waals surface area contributed by atoms with E-state index in [0.717, 1.165) is 24.4 Å². The summed E-state index contributed by atoms with van der Waals surface area (Å²) < 4.78 is 5.36. The van der Waals surface area contributed by atoms with Gasteiger partial charge < -0.3 is 14.5 Å². The molecular formula is C23H26N6O2. The van der Waals surface area contributed by atoms with Crippen LogP contribution >= 0.6 is 0 Å². The lowest BCUT2D eigenvalue weighted by Gasteiger charge is -2.32. The highest BCUT2D eigenvalue weighted by Crippen LogP contribution is 2.31. The summed E-state index contributed by atoms with van der Waals surface area (Å²) in [5, 5.41) is 0. The van der Waals surface area contributed by atoms with E-state index in [9.17, 15) is 4.79 Å². The van der Waals surface area contributed by atoms with Crippen molar-refractivity contribution in [3.8, 4) is 17.3 Å². The monoisotopic (exact) mass is 418 g/mol. The molecule has 8 nitrogen and oxygen atoms in total. The number of nitrogens with zero attached hydrogens (tertiary/aromatic N) is 6. The molecule has 0 radical (unpaired) electrons. The van der Waals surface area contributed by atoms with Crippen molar-refractivity contribution in [2.24, 2.45) is 0 Å². The van der Waals surface area contributed by atoms with E-state index in [2.05, 4.69) is 15.0 Å². The minimum Gasteiger partial charge on any atom is -0.496 e. The van der Waals surface area contributed by atoms with Gasteiger partial charge in [0.05, 0.1) is 18.9 Å². The van der Waals surface area contributed by atoms with Gasteiger partial charge in [-0.1, -0.05) is 12.1 Å². The summed E-state index contributed by atoms with van der Waals surface area (Å²) in [7, 11) is 5.51. The molecule has 31 heavy (non-hydrogen) atoms. The fourth-order valence-electron chi connectivity index (χ4n) is 3.79. The molecule has 3 heterocycles. The van der Waals surface area contributed by atoms with Crippen LogP contribution in [0, 0.1) is 0 Å². The fourth-order valence-corrected chi connectivity index (χ4v) is 3.79. The lowest BCUT2D eigenvalue weighted by atomic mass is 9.92. The first-order valence-corrected chi connectivity index (χ1v) is 10.3. The van der Waals surface area contributed by atoms with Crippen LogP contribution in [0.25, 0.3) is 11.5 Å². The molecule has 0 aliphatic carbocycles. The average molecular weight is 419 g/mol. The second-order valence-corrected chi connectivity index (χ2v) is 7.73. The summed E-state index contributed by atoms with van der Waals surface area (Å²) >= 11 is 0. The molecule has 3 aromatic rings. The molecule has 0 unspecified atom stereocenters. The number of aromatic nitrogens is 4. The minimum absolute atomic E-state index is 0.00724. The predicted molar refractivity (Wildman–Crippen MR) is 118 cm³/mol. The maximum atomic E-state index is 13.0. The van der Waals surface area contributed by atoms with Gasteiger partial charge in [-0.2, -0.15) is 0 Å². The number of hydrogen-bond acceptors (Lipinski definition) is 7. The van der Waals surface area contributed by atoms with Crippen molar-refractivity contribution in [1.82, 2.24) is 24.8 Å². The van der Waals surface area contributed by atoms with Gasteiger partial charge in [0.2, 0.25) is 0 Å². The second kappa shape index (κ2) is 9.07. The van der Waals surface area contributed by atoms with E-state index in [1.807, 2.05) is 54.2 Å². The first-order chi connectivity index (χ1) is 15.1. The Balaban J connectivity index is 1.53. The number of rotatable bonds is 5. The van der Waals surface area contributed by atoms with Crippen LogP contribution < -0.4 is 9.64 Å². The van der Waals surface area contributed by atoms with Crippen molar-refractivity contribution in [2.75, 3.05) is 39.2 Å². The molecule has 0 saturated carbocycles. The maximum absolute atomic E-state index is 13.0. The Morgan fingerprint density at radius 1 is 1.13 bits per heavy atom. The Bertz CT molecular complexity index is 1050. The van der Waals surface area contributed by atoms with Crippen LogP contribution in [0.3, 0.4) is 0 Å². The molecule has 0 spiro atoms. The molecule has 1 saturated heterocycles. The van der Waals surface area contributed by atoms with Crippen LogP contribution in [0.2, 0.25) is 0 Å². The molecule has 1 aliphatic rings. The molecule has 160 valence electrons. The molecule has 1 fully saturated rings. The van der Waals surface area contributed by atoms with Gasteiger partial charge in [0.1, 0.15) is 17.3 Å². The number of carbonyl (C=O) groups is 1. The van der Waals surface area contributed by atoms with Crippen molar-refractivity contribution >= 4 is 11.7 Å². The topological polar surface area (TPSA) is 84.3 Å². The highest BCUT2D eigenvalue weighted by atomic mass is 16.5. The Kier molecular flexibility index (Phi) is 6.06. The molecule has 1 aliphatic heterocycles. The largest absolute Gasteiger partial charge is 0.496 e. The van der Waals surface area contributed by atoms with Gasteiger partial charge in [0.15, 0.2) is 5.82 Å². The zero-order valence-corrected chi connectivity index (χ0v) is 18.0. The number of likely N-dealkylation sites (tertiary alicyclic amines) is 1. The molecule has 2 aromatic heterocycles. The molecular weight excluding hydrogens is 392 g/mol. The van der Waals surface area contributed by atoms with Gasteiger partial charge >= 0.3 is 0 Å². The lowest BCUT2D eigenvalue weighted by molar-refractivity contribution is 0.0708. The lowest BCUT2D eigenvalue weighted by Crippen LogP contribution is -2.38. The number of carbonyl (C=O) groups excluding carboxylic acids is 1. The number of amides is 1. The summed E-state index contributed by atoms with van der Waals surface area (Å²) in [5.74, 6) is 2.27. The minimum atomic E-state index is 0.00724. The summed E-state index contributed by atoms with van der Waals surface area (Å²) in [5.41, 5.74) is 2.23. The van der Waals surface area contributed by atoms with Crippen LogP contribution in [-0.2, 0) is 0 Å². The van der Waals surface area contributed by atoms with Crippen molar-refractivity contribution < 1.29 is 9.53 Å². The number of para-hydroxylation sites is 1. The third-order valence-electron chi connectivity index (χ3n) is 5.52. The summed E-state index contributed by atoms with van der Waals surface area (Å²) in [6.45, 7) is 1.34. The summed E-state index contributed by atoms with van der Waals surface area (Å²) in [6, 6.07) is 9.39. The van der Waals surface area contributed by atoms with Crippen LogP contribution in [0.4, 0.5) is 5.82 Å². The molecule has 8 heteroatoms. The summed E-state index contributed by atoms with van der Waals surface area (Å²) in [6.07, 6.45) is 6.62. The van der Waals surface area contributed by atoms with E-state index in [4.69, 9.17) is 9.72 Å². The second-order valence-electron chi connectivity index (χ2n) is 7.73. The van der Waals surface area contributed by atoms with Gasteiger partial charge in [0.25, 0.3) is 5.91 Å². The first-order valence-electron chi connectivity index (χ1n) is 10.3. The smallest absolute Gasteiger partial charge is 0.257 e. The molecule has 0 atom stereocenters. The van der Waals surface area contributed by atoms with E-state index >= 15 is 0 Å². The number of methoxy groups -OCH3 is 1. The van der Waals surface area contributed by atoms with E-state index in [-0.39, 0.29) is 11.8 Å². The zero-order chi connectivity index (χ0) is 21.8. The molecule has 4 rings (SSSR count). The number of ether oxygens (including phenoxy) is 1. The Morgan fingerprint density at radius 3 is 2.58 bits per heavy atom. The van der Waals surface area contributed by atoms with E-state index in [0.29, 0.717) is 35.9 Å². The van der Waals surface area contributed by atoms with Gasteiger partial charge in [0, 0.05) is 57.3 Å². The maximum Gasteiger partial charge on any atom is 0.257 e. The predicted octanol–water partition coefficient (Wildman–Crippen LogP) is 3.03. The van der Waals surface area contributed by atoms with Crippen molar-refractivity contribution in [1.29, 1.82) is 0 Å². The SMILES string of the molecule is COc1ccccc1C(=O)N1CCC(c2cc(N(C)C)nc(-c3cnccn3)n2)CC1. The highest BCUT2D eigenvalue weighted by Gasteiger charge is 2.27. The van der Waals surface area contributed by atoms with E-state index < -0.39 is 0 Å². The third-order valence-corrected chi connectivity index (χ3v) is 5.52. The van der Waals surface area contributed by atoms with Crippen LogP contribution in [0.15, 0.2) is 48.9 Å². The summed E-state index contributed by atoms with van der Waals surface area (Å²) in [4.78, 5) is 34.8. The Labute approximate surface area is 181 Å². The normalized spacial score (nSPS) is 14.4. The molecule has 0 bridgehead atoms. The zero-order valence-electron chi connectivity index (χ0n) is 18.0. The van der Waals surface area contributed by atoms with Gasteiger partial charge in [-0.25, -0.2) is 15.0 Å². The number of piperidine rings is 1. The van der Waals surface area contributed by atoms with Crippen molar-refractivity contribution in [3.05, 3.63) is 60.2 Å². The van der Waals surface area contributed by atoms with Gasteiger partial charge in [-0.05, 0) is 25.0 Å². The number of benzene rings is 1. The van der Waals surface area contributed by atoms with Crippen molar-refractivity contribution in [3.63, 3.8) is 0 Å². The van der Waals surface area contributed by atoms with Gasteiger partial charge in [-0.3, -0.25) is 9.78 Å².